The Kier molecular flexibility index (Phi) is 4.84. The average Bonchev–Trinajstić information content (AvgIpc) is 2.27. The Hall–Kier alpha value is -1.69. The minimum atomic E-state index is -0.407. The third-order valence-electron chi connectivity index (χ3n) is 2.34. The van der Waals surface area contributed by atoms with Crippen LogP contribution in [0.1, 0.15) is 30.1 Å². The van der Waals surface area contributed by atoms with E-state index in [0.717, 1.165) is 0 Å². The fourth-order valence-corrected chi connectivity index (χ4v) is 1.60. The standard InChI is InChI=1S/C11H15N3O2S/c1-2-7(5-10(12)17)14-11(16)8-6-13-4-3-9(8)15/h3-4,6-7H,2,5H2,1H3,(H2,12,17)(H,13,15)(H,14,16). The van der Waals surface area contributed by atoms with Gasteiger partial charge in [-0.05, 0) is 6.42 Å². The molecule has 0 bridgehead atoms. The van der Waals surface area contributed by atoms with Crippen LogP contribution >= 0.6 is 12.2 Å². The molecule has 4 N–H and O–H groups in total. The number of amides is 1. The molecule has 0 spiro atoms. The number of nitrogens with one attached hydrogen (secondary N) is 2. The van der Waals surface area contributed by atoms with Gasteiger partial charge in [-0.25, -0.2) is 0 Å². The van der Waals surface area contributed by atoms with E-state index >= 15 is 0 Å². The Morgan fingerprint density at radius 3 is 2.88 bits per heavy atom. The second kappa shape index (κ2) is 6.15. The van der Waals surface area contributed by atoms with Gasteiger partial charge in [-0.3, -0.25) is 9.59 Å². The SMILES string of the molecule is CCC(CC(N)=S)NC(=O)c1c[nH]ccc1=O. The first-order chi connectivity index (χ1) is 8.04. The van der Waals surface area contributed by atoms with Gasteiger partial charge in [0.15, 0.2) is 5.43 Å². The van der Waals surface area contributed by atoms with Crippen LogP contribution in [-0.2, 0) is 0 Å². The molecule has 1 aromatic heterocycles. The summed E-state index contributed by atoms with van der Waals surface area (Å²) in [5.41, 5.74) is 5.20. The quantitative estimate of drug-likeness (QED) is 0.669. The molecule has 1 amide bonds. The van der Waals surface area contributed by atoms with Gasteiger partial charge in [0.1, 0.15) is 5.56 Å². The van der Waals surface area contributed by atoms with Crippen LogP contribution in [-0.4, -0.2) is 21.9 Å². The topological polar surface area (TPSA) is 88.0 Å². The number of pyridine rings is 1. The number of nitrogens with two attached hydrogens (primary N) is 1. The Morgan fingerprint density at radius 1 is 1.65 bits per heavy atom. The van der Waals surface area contributed by atoms with Crippen molar-refractivity contribution < 1.29 is 4.79 Å². The lowest BCUT2D eigenvalue weighted by atomic mass is 10.1. The monoisotopic (exact) mass is 253 g/mol. The van der Waals surface area contributed by atoms with E-state index in [9.17, 15) is 9.59 Å². The molecule has 17 heavy (non-hydrogen) atoms. The smallest absolute Gasteiger partial charge is 0.256 e. The van der Waals surface area contributed by atoms with Crippen LogP contribution < -0.4 is 16.5 Å². The van der Waals surface area contributed by atoms with Crippen LogP contribution in [0.2, 0.25) is 0 Å². The summed E-state index contributed by atoms with van der Waals surface area (Å²) in [5.74, 6) is -0.407. The molecule has 1 atom stereocenters. The second-order valence-corrected chi connectivity index (χ2v) is 4.20. The largest absolute Gasteiger partial charge is 0.393 e. The lowest BCUT2D eigenvalue weighted by molar-refractivity contribution is 0.0936. The van der Waals surface area contributed by atoms with E-state index in [2.05, 4.69) is 10.3 Å². The second-order valence-electron chi connectivity index (χ2n) is 3.67. The molecule has 0 aliphatic carbocycles. The van der Waals surface area contributed by atoms with E-state index in [1.807, 2.05) is 6.92 Å². The van der Waals surface area contributed by atoms with E-state index in [0.29, 0.717) is 17.8 Å². The maximum atomic E-state index is 11.8. The molecule has 0 fully saturated rings. The van der Waals surface area contributed by atoms with Crippen LogP contribution in [0, 0.1) is 0 Å². The highest BCUT2D eigenvalue weighted by molar-refractivity contribution is 7.80. The van der Waals surface area contributed by atoms with E-state index in [4.69, 9.17) is 18.0 Å². The molecule has 0 aliphatic rings. The summed E-state index contributed by atoms with van der Waals surface area (Å²) >= 11 is 4.79. The molecule has 0 saturated carbocycles. The van der Waals surface area contributed by atoms with Gasteiger partial charge < -0.3 is 16.0 Å². The first kappa shape index (κ1) is 13.4. The highest BCUT2D eigenvalue weighted by Gasteiger charge is 2.14. The van der Waals surface area contributed by atoms with Crippen LogP contribution in [0.3, 0.4) is 0 Å². The highest BCUT2D eigenvalue weighted by Crippen LogP contribution is 1.99. The molecule has 92 valence electrons. The molecule has 5 nitrogen and oxygen atoms in total. The van der Waals surface area contributed by atoms with Gasteiger partial charge in [0.25, 0.3) is 5.91 Å². The zero-order valence-electron chi connectivity index (χ0n) is 9.53. The third kappa shape index (κ3) is 3.99. The molecular formula is C11H15N3O2S. The maximum absolute atomic E-state index is 11.8. The Labute approximate surface area is 104 Å². The summed E-state index contributed by atoms with van der Waals surface area (Å²) in [5, 5.41) is 2.73. The van der Waals surface area contributed by atoms with Crippen LogP contribution in [0.4, 0.5) is 0 Å². The Balaban J connectivity index is 2.75. The van der Waals surface area contributed by atoms with E-state index in [1.54, 1.807) is 0 Å². The molecular weight excluding hydrogens is 238 g/mol. The highest BCUT2D eigenvalue weighted by atomic mass is 32.1. The molecule has 0 aromatic carbocycles. The van der Waals surface area contributed by atoms with Gasteiger partial charge in [-0.15, -0.1) is 0 Å². The van der Waals surface area contributed by atoms with Crippen molar-refractivity contribution in [1.29, 1.82) is 0 Å². The molecule has 6 heteroatoms. The summed E-state index contributed by atoms with van der Waals surface area (Å²) in [6.45, 7) is 1.92. The Morgan fingerprint density at radius 2 is 2.35 bits per heavy atom. The van der Waals surface area contributed by atoms with Gasteiger partial charge in [0.05, 0.1) is 4.99 Å². The van der Waals surface area contributed by atoms with E-state index in [1.165, 1.54) is 18.5 Å². The summed E-state index contributed by atoms with van der Waals surface area (Å²) in [4.78, 5) is 26.3. The number of thiocarbonyl (C=S) groups is 1. The van der Waals surface area contributed by atoms with Gasteiger partial charge >= 0.3 is 0 Å². The normalized spacial score (nSPS) is 11.8. The average molecular weight is 253 g/mol. The number of aromatic nitrogens is 1. The van der Waals surface area contributed by atoms with Gasteiger partial charge in [0.2, 0.25) is 0 Å². The lowest BCUT2D eigenvalue weighted by Gasteiger charge is -2.15. The predicted molar refractivity (Wildman–Crippen MR) is 70.0 cm³/mol. The molecule has 1 aromatic rings. The number of carbonyl (C=O) groups excluding carboxylic acids is 1. The molecule has 0 saturated heterocycles. The van der Waals surface area contributed by atoms with Crippen LogP contribution in [0.25, 0.3) is 0 Å². The van der Waals surface area contributed by atoms with Crippen molar-refractivity contribution in [3.63, 3.8) is 0 Å². The number of H-pyrrole nitrogens is 1. The first-order valence-electron chi connectivity index (χ1n) is 5.30. The van der Waals surface area contributed by atoms with Crippen molar-refractivity contribution in [3.05, 3.63) is 34.2 Å². The molecule has 1 unspecified atom stereocenters. The molecule has 0 aliphatic heterocycles. The van der Waals surface area contributed by atoms with Crippen molar-refractivity contribution in [3.8, 4) is 0 Å². The maximum Gasteiger partial charge on any atom is 0.256 e. The molecule has 1 heterocycles. The van der Waals surface area contributed by atoms with Crippen molar-refractivity contribution in [2.75, 3.05) is 0 Å². The van der Waals surface area contributed by atoms with Crippen molar-refractivity contribution in [2.45, 2.75) is 25.8 Å². The Bertz CT molecular complexity index is 470. The van der Waals surface area contributed by atoms with Crippen molar-refractivity contribution >= 4 is 23.1 Å². The van der Waals surface area contributed by atoms with Crippen LogP contribution in [0.5, 0.6) is 0 Å². The minimum Gasteiger partial charge on any atom is -0.393 e. The summed E-state index contributed by atoms with van der Waals surface area (Å²) in [6.07, 6.45) is 3.99. The number of carbonyl (C=O) groups is 1. The third-order valence-corrected chi connectivity index (χ3v) is 2.51. The first-order valence-corrected chi connectivity index (χ1v) is 5.71. The van der Waals surface area contributed by atoms with Gasteiger partial charge in [-0.2, -0.15) is 0 Å². The zero-order valence-corrected chi connectivity index (χ0v) is 10.3. The van der Waals surface area contributed by atoms with Crippen LogP contribution in [0.15, 0.2) is 23.3 Å². The minimum absolute atomic E-state index is 0.0916. The zero-order chi connectivity index (χ0) is 12.8. The number of rotatable bonds is 5. The predicted octanol–water partition coefficient (Wildman–Crippen LogP) is 0.559. The van der Waals surface area contributed by atoms with Gasteiger partial charge in [-0.1, -0.05) is 19.1 Å². The summed E-state index contributed by atoms with van der Waals surface area (Å²) in [6, 6.07) is 1.17. The summed E-state index contributed by atoms with van der Waals surface area (Å²) < 4.78 is 0. The lowest BCUT2D eigenvalue weighted by Crippen LogP contribution is -2.38. The van der Waals surface area contributed by atoms with Gasteiger partial charge in [0, 0.05) is 30.9 Å². The number of hydrogen-bond acceptors (Lipinski definition) is 3. The van der Waals surface area contributed by atoms with E-state index in [-0.39, 0.29) is 17.0 Å². The molecule has 1 rings (SSSR count). The molecule has 0 radical (unpaired) electrons. The summed E-state index contributed by atoms with van der Waals surface area (Å²) in [7, 11) is 0. The number of aromatic amines is 1. The van der Waals surface area contributed by atoms with Crippen molar-refractivity contribution in [1.82, 2.24) is 10.3 Å². The van der Waals surface area contributed by atoms with E-state index < -0.39 is 5.91 Å². The van der Waals surface area contributed by atoms with Crippen molar-refractivity contribution in [2.24, 2.45) is 5.73 Å². The number of hydrogen-bond donors (Lipinski definition) is 3. The fraction of sp³-hybridized carbons (Fsp3) is 0.364. The fourth-order valence-electron chi connectivity index (χ4n) is 1.40.